The molecule has 0 saturated carbocycles. The van der Waals surface area contributed by atoms with E-state index in [1.807, 2.05) is 0 Å². The molecule has 17 heavy (non-hydrogen) atoms. The first-order valence-electron chi connectivity index (χ1n) is 7.68. The van der Waals surface area contributed by atoms with Gasteiger partial charge in [0.25, 0.3) is 0 Å². The zero-order valence-electron chi connectivity index (χ0n) is 12.9. The molecule has 1 heteroatoms. The van der Waals surface area contributed by atoms with Crippen molar-refractivity contribution in [2.24, 2.45) is 11.3 Å². The van der Waals surface area contributed by atoms with E-state index in [1.54, 1.807) is 0 Å². The molecule has 0 aromatic heterocycles. The summed E-state index contributed by atoms with van der Waals surface area (Å²) in [6, 6.07) is 0. The molecule has 0 heterocycles. The van der Waals surface area contributed by atoms with Crippen molar-refractivity contribution in [1.29, 1.82) is 0 Å². The molecule has 0 fully saturated rings. The molecular weight excluding hydrogens is 223 g/mol. The van der Waals surface area contributed by atoms with E-state index in [2.05, 4.69) is 34.6 Å². The van der Waals surface area contributed by atoms with E-state index in [1.165, 1.54) is 65.9 Å². The minimum Gasteiger partial charge on any atom is -0.122 e. The number of rotatable bonds is 11. The van der Waals surface area contributed by atoms with Crippen LogP contribution < -0.4 is 0 Å². The summed E-state index contributed by atoms with van der Waals surface area (Å²) in [5.74, 6) is 0.900. The second kappa shape index (κ2) is 10.4. The lowest BCUT2D eigenvalue weighted by atomic mass is 9.83. The molecule has 0 aliphatic heterocycles. The molecule has 0 saturated heterocycles. The van der Waals surface area contributed by atoms with Crippen LogP contribution in [0.3, 0.4) is 0 Å². The van der Waals surface area contributed by atoms with Gasteiger partial charge in [-0.15, -0.1) is 8.58 Å². The Morgan fingerprint density at radius 3 is 2.24 bits per heavy atom. The Balaban J connectivity index is 3.23. The SMILES string of the molecule is CCCC(C)(C)CCCCCPCCC(C)C. The fourth-order valence-corrected chi connectivity index (χ4v) is 3.88. The molecule has 0 radical (unpaired) electrons. The van der Waals surface area contributed by atoms with E-state index < -0.39 is 0 Å². The fourth-order valence-electron chi connectivity index (χ4n) is 2.35. The van der Waals surface area contributed by atoms with Gasteiger partial charge in [-0.25, -0.2) is 0 Å². The summed E-state index contributed by atoms with van der Waals surface area (Å²) in [6.07, 6.45) is 12.9. The maximum atomic E-state index is 2.43. The molecule has 1 atom stereocenters. The summed E-state index contributed by atoms with van der Waals surface area (Å²) >= 11 is 0. The number of hydrogen-bond acceptors (Lipinski definition) is 0. The third kappa shape index (κ3) is 12.7. The Kier molecular flexibility index (Phi) is 10.6. The molecule has 0 aliphatic carbocycles. The Morgan fingerprint density at radius 1 is 0.941 bits per heavy atom. The highest BCUT2D eigenvalue weighted by molar-refractivity contribution is 7.37. The minimum atomic E-state index is 0.592. The Bertz CT molecular complexity index is 161. The van der Waals surface area contributed by atoms with E-state index in [0.29, 0.717) is 5.41 Å². The second-order valence-corrected chi connectivity index (χ2v) is 8.16. The molecule has 0 amide bonds. The van der Waals surface area contributed by atoms with Gasteiger partial charge in [-0.1, -0.05) is 53.9 Å². The van der Waals surface area contributed by atoms with Crippen LogP contribution in [0.1, 0.15) is 79.6 Å². The monoisotopic (exact) mass is 258 g/mol. The van der Waals surface area contributed by atoms with Crippen LogP contribution in [-0.4, -0.2) is 12.3 Å². The Labute approximate surface area is 112 Å². The summed E-state index contributed by atoms with van der Waals surface area (Å²) in [6.45, 7) is 11.8. The maximum absolute atomic E-state index is 2.43. The molecule has 0 N–H and O–H groups in total. The van der Waals surface area contributed by atoms with Gasteiger partial charge in [0.15, 0.2) is 0 Å². The lowest BCUT2D eigenvalue weighted by molar-refractivity contribution is 0.292. The van der Waals surface area contributed by atoms with Crippen LogP contribution in [-0.2, 0) is 0 Å². The maximum Gasteiger partial charge on any atom is -0.0351 e. The van der Waals surface area contributed by atoms with E-state index in [9.17, 15) is 0 Å². The topological polar surface area (TPSA) is 0 Å². The van der Waals surface area contributed by atoms with E-state index >= 15 is 0 Å². The first-order valence-corrected chi connectivity index (χ1v) is 9.10. The lowest BCUT2D eigenvalue weighted by Gasteiger charge is -2.23. The smallest absolute Gasteiger partial charge is 0.0351 e. The summed E-state index contributed by atoms with van der Waals surface area (Å²) < 4.78 is 0. The molecule has 0 nitrogen and oxygen atoms in total. The van der Waals surface area contributed by atoms with Crippen molar-refractivity contribution in [2.75, 3.05) is 12.3 Å². The van der Waals surface area contributed by atoms with Crippen molar-refractivity contribution in [3.05, 3.63) is 0 Å². The van der Waals surface area contributed by atoms with Crippen molar-refractivity contribution in [2.45, 2.75) is 79.6 Å². The third-order valence-corrected chi connectivity index (χ3v) is 4.88. The van der Waals surface area contributed by atoms with Gasteiger partial charge in [0, 0.05) is 0 Å². The fraction of sp³-hybridized carbons (Fsp3) is 1.00. The Morgan fingerprint density at radius 2 is 1.65 bits per heavy atom. The zero-order chi connectivity index (χ0) is 13.1. The highest BCUT2D eigenvalue weighted by Gasteiger charge is 2.15. The Hall–Kier alpha value is 0.430. The van der Waals surface area contributed by atoms with Gasteiger partial charge in [-0.2, -0.15) is 0 Å². The number of unbranched alkanes of at least 4 members (excludes halogenated alkanes) is 2. The average molecular weight is 258 g/mol. The van der Waals surface area contributed by atoms with Gasteiger partial charge < -0.3 is 0 Å². The molecule has 0 aromatic carbocycles. The zero-order valence-corrected chi connectivity index (χ0v) is 13.9. The molecule has 104 valence electrons. The van der Waals surface area contributed by atoms with Crippen LogP contribution in [0.25, 0.3) is 0 Å². The predicted molar refractivity (Wildman–Crippen MR) is 84.7 cm³/mol. The first-order chi connectivity index (χ1) is 7.98. The molecule has 1 unspecified atom stereocenters. The highest BCUT2D eigenvalue weighted by atomic mass is 31.1. The van der Waals surface area contributed by atoms with E-state index in [0.717, 1.165) is 5.92 Å². The van der Waals surface area contributed by atoms with Gasteiger partial charge in [0.1, 0.15) is 0 Å². The predicted octanol–water partition coefficient (Wildman–Crippen LogP) is 6.10. The van der Waals surface area contributed by atoms with Crippen molar-refractivity contribution in [1.82, 2.24) is 0 Å². The molecule has 0 spiro atoms. The molecule has 0 aliphatic rings. The van der Waals surface area contributed by atoms with Crippen LogP contribution in [0, 0.1) is 11.3 Å². The van der Waals surface area contributed by atoms with Crippen LogP contribution in [0.5, 0.6) is 0 Å². The van der Waals surface area contributed by atoms with Crippen molar-refractivity contribution < 1.29 is 0 Å². The van der Waals surface area contributed by atoms with Crippen LogP contribution in [0.15, 0.2) is 0 Å². The van der Waals surface area contributed by atoms with Crippen LogP contribution in [0.2, 0.25) is 0 Å². The summed E-state index contributed by atoms with van der Waals surface area (Å²) in [5.41, 5.74) is 0.592. The summed E-state index contributed by atoms with van der Waals surface area (Å²) in [4.78, 5) is 0. The van der Waals surface area contributed by atoms with Crippen molar-refractivity contribution in [3.8, 4) is 0 Å². The summed E-state index contributed by atoms with van der Waals surface area (Å²) in [7, 11) is 1.22. The molecule has 0 rings (SSSR count). The number of hydrogen-bond donors (Lipinski definition) is 0. The quantitative estimate of drug-likeness (QED) is 0.310. The minimum absolute atomic E-state index is 0.592. The van der Waals surface area contributed by atoms with Crippen LogP contribution in [0.4, 0.5) is 0 Å². The average Bonchev–Trinajstić information content (AvgIpc) is 2.21. The molecular formula is C16H35P. The molecule has 0 aromatic rings. The summed E-state index contributed by atoms with van der Waals surface area (Å²) in [5, 5.41) is 0. The van der Waals surface area contributed by atoms with Crippen LogP contribution >= 0.6 is 8.58 Å². The third-order valence-electron chi connectivity index (χ3n) is 3.53. The van der Waals surface area contributed by atoms with E-state index in [4.69, 9.17) is 0 Å². The molecule has 0 bridgehead atoms. The normalized spacial score (nSPS) is 13.1. The van der Waals surface area contributed by atoms with Gasteiger partial charge in [0.2, 0.25) is 0 Å². The van der Waals surface area contributed by atoms with Gasteiger partial charge >= 0.3 is 0 Å². The van der Waals surface area contributed by atoms with Crippen molar-refractivity contribution in [3.63, 3.8) is 0 Å². The van der Waals surface area contributed by atoms with E-state index in [-0.39, 0.29) is 0 Å². The second-order valence-electron chi connectivity index (χ2n) is 6.66. The van der Waals surface area contributed by atoms with Crippen molar-refractivity contribution >= 4 is 8.58 Å². The first kappa shape index (κ1) is 17.4. The van der Waals surface area contributed by atoms with Gasteiger partial charge in [-0.3, -0.25) is 0 Å². The standard InChI is InChI=1S/C16H35P/c1-6-11-16(4,5)12-8-7-9-13-17-14-10-15(2)3/h15,17H,6-14H2,1-5H3. The van der Waals surface area contributed by atoms with Gasteiger partial charge in [0.05, 0.1) is 0 Å². The lowest BCUT2D eigenvalue weighted by Crippen LogP contribution is -2.10. The van der Waals surface area contributed by atoms with Gasteiger partial charge in [-0.05, 0) is 49.3 Å². The highest BCUT2D eigenvalue weighted by Crippen LogP contribution is 2.29. The largest absolute Gasteiger partial charge is 0.122 e.